The minimum Gasteiger partial charge on any atom is -0.507 e. The molecule has 1 atom stereocenters. The second-order valence-electron chi connectivity index (χ2n) is 10.0. The number of hydrogen-bond acceptors (Lipinski definition) is 8. The number of benzene rings is 3. The number of ketones is 1. The van der Waals surface area contributed by atoms with Crippen LogP contribution in [0.25, 0.3) is 5.76 Å². The molecule has 1 fully saturated rings. The van der Waals surface area contributed by atoms with E-state index in [0.717, 1.165) is 12.0 Å². The molecule has 2 heterocycles. The standard InChI is InChI=1S/C31H27Cl2N3O4S2/c1-18(2)14-15-40-23-8-5-7-20(16-23)26-25(27(37)19-10-12-22(32)13-11-19)28(38)29(39)36(26)30-34-35-31(42-30)41-17-21-6-3-4-9-24(21)33/h3-13,16,18,26,37H,14-15,17H2,1-2H3. The molecule has 1 aliphatic heterocycles. The number of Topliss-reactive ketones (excluding diaryl/α,β-unsaturated/α-hetero) is 1. The normalized spacial score (nSPS) is 16.4. The number of ether oxygens (including phenoxy) is 1. The Balaban J connectivity index is 1.53. The summed E-state index contributed by atoms with van der Waals surface area (Å²) in [5.41, 5.74) is 1.84. The number of thioether (sulfide) groups is 1. The van der Waals surface area contributed by atoms with Crippen molar-refractivity contribution < 1.29 is 19.4 Å². The van der Waals surface area contributed by atoms with Crippen molar-refractivity contribution in [1.82, 2.24) is 10.2 Å². The van der Waals surface area contributed by atoms with Gasteiger partial charge in [0.25, 0.3) is 5.78 Å². The van der Waals surface area contributed by atoms with Crippen LogP contribution >= 0.6 is 46.3 Å². The van der Waals surface area contributed by atoms with Gasteiger partial charge in [0, 0.05) is 21.4 Å². The summed E-state index contributed by atoms with van der Waals surface area (Å²) in [5.74, 6) is -0.301. The summed E-state index contributed by atoms with van der Waals surface area (Å²) in [7, 11) is 0. The lowest BCUT2D eigenvalue weighted by Crippen LogP contribution is -2.29. The first kappa shape index (κ1) is 30.1. The van der Waals surface area contributed by atoms with E-state index >= 15 is 0 Å². The molecule has 1 amide bonds. The number of carbonyl (C=O) groups is 2. The monoisotopic (exact) mass is 639 g/mol. The van der Waals surface area contributed by atoms with Crippen LogP contribution in [0.15, 0.2) is 82.7 Å². The first-order valence-electron chi connectivity index (χ1n) is 13.2. The van der Waals surface area contributed by atoms with Gasteiger partial charge in [-0.3, -0.25) is 14.5 Å². The third kappa shape index (κ3) is 6.65. The Kier molecular flexibility index (Phi) is 9.53. The van der Waals surface area contributed by atoms with Crippen LogP contribution in [0.1, 0.15) is 43.0 Å². The average Bonchev–Trinajstić information content (AvgIpc) is 3.54. The van der Waals surface area contributed by atoms with Crippen molar-refractivity contribution in [2.45, 2.75) is 36.4 Å². The van der Waals surface area contributed by atoms with Crippen molar-refractivity contribution >= 4 is 68.9 Å². The van der Waals surface area contributed by atoms with Crippen LogP contribution in [0.5, 0.6) is 5.75 Å². The molecule has 5 rings (SSSR count). The maximum Gasteiger partial charge on any atom is 0.301 e. The molecule has 1 aliphatic rings. The molecular weight excluding hydrogens is 613 g/mol. The number of halogens is 2. The molecule has 0 bridgehead atoms. The Morgan fingerprint density at radius 1 is 1.05 bits per heavy atom. The molecule has 3 aromatic carbocycles. The number of nitrogens with zero attached hydrogens (tertiary/aromatic N) is 3. The van der Waals surface area contributed by atoms with Crippen molar-refractivity contribution in [3.8, 4) is 5.75 Å². The Morgan fingerprint density at radius 2 is 1.81 bits per heavy atom. The Morgan fingerprint density at radius 3 is 2.55 bits per heavy atom. The first-order valence-corrected chi connectivity index (χ1v) is 15.8. The summed E-state index contributed by atoms with van der Waals surface area (Å²) < 4.78 is 6.58. The third-order valence-corrected chi connectivity index (χ3v) is 9.34. The molecule has 11 heteroatoms. The van der Waals surface area contributed by atoms with Crippen molar-refractivity contribution in [2.75, 3.05) is 11.5 Å². The maximum atomic E-state index is 13.5. The second kappa shape index (κ2) is 13.3. The van der Waals surface area contributed by atoms with E-state index in [4.69, 9.17) is 27.9 Å². The van der Waals surface area contributed by atoms with Crippen LogP contribution in [0.2, 0.25) is 10.0 Å². The zero-order valence-corrected chi connectivity index (χ0v) is 25.9. The van der Waals surface area contributed by atoms with E-state index in [0.29, 0.717) is 49.5 Å². The van der Waals surface area contributed by atoms with Gasteiger partial charge in [-0.05, 0) is 65.9 Å². The van der Waals surface area contributed by atoms with E-state index in [2.05, 4.69) is 24.0 Å². The molecular formula is C31H27Cl2N3O4S2. The van der Waals surface area contributed by atoms with Crippen LogP contribution in [0.4, 0.5) is 5.13 Å². The fourth-order valence-electron chi connectivity index (χ4n) is 4.41. The number of hydrogen-bond donors (Lipinski definition) is 1. The van der Waals surface area contributed by atoms with Gasteiger partial charge in [0.1, 0.15) is 11.5 Å². The Labute approximate surface area is 262 Å². The molecule has 0 spiro atoms. The van der Waals surface area contributed by atoms with Crippen molar-refractivity contribution in [3.63, 3.8) is 0 Å². The van der Waals surface area contributed by atoms with E-state index in [9.17, 15) is 14.7 Å². The van der Waals surface area contributed by atoms with Gasteiger partial charge in [-0.2, -0.15) is 0 Å². The highest BCUT2D eigenvalue weighted by atomic mass is 35.5. The number of rotatable bonds is 10. The van der Waals surface area contributed by atoms with Gasteiger partial charge in [0.2, 0.25) is 5.13 Å². The van der Waals surface area contributed by atoms with Crippen LogP contribution in [0, 0.1) is 5.92 Å². The molecule has 0 saturated carbocycles. The molecule has 7 nitrogen and oxygen atoms in total. The summed E-state index contributed by atoms with van der Waals surface area (Å²) in [5, 5.41) is 21.3. The van der Waals surface area contributed by atoms with E-state index < -0.39 is 17.7 Å². The zero-order valence-electron chi connectivity index (χ0n) is 22.8. The number of carbonyl (C=O) groups excluding carboxylic acids is 2. The molecule has 0 aliphatic carbocycles. The van der Waals surface area contributed by atoms with E-state index in [1.54, 1.807) is 42.5 Å². The van der Waals surface area contributed by atoms with E-state index in [1.165, 1.54) is 28.0 Å². The molecule has 1 unspecified atom stereocenters. The number of aliphatic hydroxyl groups is 1. The molecule has 4 aromatic rings. The number of aromatic nitrogens is 2. The SMILES string of the molecule is CC(C)CCOc1cccc(C2C(=C(O)c3ccc(Cl)cc3)C(=O)C(=O)N2c2nnc(SCc3ccccc3Cl)s2)c1. The van der Waals surface area contributed by atoms with Crippen molar-refractivity contribution in [1.29, 1.82) is 0 Å². The quantitative estimate of drug-likeness (QED) is 0.0614. The molecule has 1 saturated heterocycles. The summed E-state index contributed by atoms with van der Waals surface area (Å²) in [6, 6.07) is 20.2. The van der Waals surface area contributed by atoms with Gasteiger partial charge in [0.05, 0.1) is 18.2 Å². The summed E-state index contributed by atoms with van der Waals surface area (Å²) >= 11 is 15.0. The van der Waals surface area contributed by atoms with E-state index in [1.807, 2.05) is 30.3 Å². The zero-order chi connectivity index (χ0) is 29.8. The Bertz CT molecular complexity index is 1640. The predicted molar refractivity (Wildman–Crippen MR) is 169 cm³/mol. The minimum atomic E-state index is -0.955. The Hall–Kier alpha value is -3.37. The lowest BCUT2D eigenvalue weighted by Gasteiger charge is -2.23. The largest absolute Gasteiger partial charge is 0.507 e. The van der Waals surface area contributed by atoms with Crippen molar-refractivity contribution in [2.24, 2.45) is 5.92 Å². The van der Waals surface area contributed by atoms with Gasteiger partial charge in [-0.1, -0.05) is 90.5 Å². The van der Waals surface area contributed by atoms with Gasteiger partial charge in [0.15, 0.2) is 4.34 Å². The van der Waals surface area contributed by atoms with E-state index in [-0.39, 0.29) is 16.5 Å². The maximum absolute atomic E-state index is 13.5. The smallest absolute Gasteiger partial charge is 0.301 e. The fraction of sp³-hybridized carbons (Fsp3) is 0.226. The summed E-state index contributed by atoms with van der Waals surface area (Å²) in [6.45, 7) is 4.76. The number of anilines is 1. The predicted octanol–water partition coefficient (Wildman–Crippen LogP) is 8.19. The summed E-state index contributed by atoms with van der Waals surface area (Å²) in [4.78, 5) is 28.4. The highest BCUT2D eigenvalue weighted by Crippen LogP contribution is 2.44. The number of aliphatic hydroxyl groups excluding tert-OH is 1. The van der Waals surface area contributed by atoms with Crippen LogP contribution < -0.4 is 9.64 Å². The topological polar surface area (TPSA) is 92.6 Å². The van der Waals surface area contributed by atoms with Gasteiger partial charge in [-0.25, -0.2) is 0 Å². The second-order valence-corrected chi connectivity index (χ2v) is 13.0. The van der Waals surface area contributed by atoms with Crippen LogP contribution in [0.3, 0.4) is 0 Å². The molecule has 216 valence electrons. The van der Waals surface area contributed by atoms with Gasteiger partial charge >= 0.3 is 5.91 Å². The third-order valence-electron chi connectivity index (χ3n) is 6.61. The van der Waals surface area contributed by atoms with Crippen molar-refractivity contribution in [3.05, 3.63) is 105 Å². The van der Waals surface area contributed by atoms with Gasteiger partial charge in [-0.15, -0.1) is 10.2 Å². The highest BCUT2D eigenvalue weighted by Gasteiger charge is 2.48. The van der Waals surface area contributed by atoms with Crippen LogP contribution in [-0.4, -0.2) is 33.6 Å². The first-order chi connectivity index (χ1) is 20.2. The number of amides is 1. The average molecular weight is 641 g/mol. The fourth-order valence-corrected chi connectivity index (χ4v) is 6.69. The molecule has 42 heavy (non-hydrogen) atoms. The minimum absolute atomic E-state index is 0.0536. The van der Waals surface area contributed by atoms with Gasteiger partial charge < -0.3 is 9.84 Å². The summed E-state index contributed by atoms with van der Waals surface area (Å²) in [6.07, 6.45) is 0.874. The molecule has 0 radical (unpaired) electrons. The lowest BCUT2D eigenvalue weighted by molar-refractivity contribution is -0.132. The molecule has 1 aromatic heterocycles. The molecule has 1 N–H and O–H groups in total. The lowest BCUT2D eigenvalue weighted by atomic mass is 9.95. The van der Waals surface area contributed by atoms with Crippen LogP contribution in [-0.2, 0) is 15.3 Å². The highest BCUT2D eigenvalue weighted by molar-refractivity contribution is 8.00.